The van der Waals surface area contributed by atoms with Crippen LogP contribution in [-0.2, 0) is 4.74 Å². The van der Waals surface area contributed by atoms with Crippen molar-refractivity contribution >= 4 is 6.03 Å². The van der Waals surface area contributed by atoms with Gasteiger partial charge in [-0.2, -0.15) is 0 Å². The lowest BCUT2D eigenvalue weighted by Crippen LogP contribution is -2.49. The van der Waals surface area contributed by atoms with Gasteiger partial charge in [0.15, 0.2) is 0 Å². The Morgan fingerprint density at radius 1 is 1.40 bits per heavy atom. The molecule has 2 fully saturated rings. The van der Waals surface area contributed by atoms with Crippen LogP contribution in [0.5, 0.6) is 0 Å². The number of aliphatic hydroxyl groups is 1. The first kappa shape index (κ1) is 15.6. The van der Waals surface area contributed by atoms with Crippen molar-refractivity contribution in [3.05, 3.63) is 0 Å². The Balaban J connectivity index is 1.68. The van der Waals surface area contributed by atoms with Crippen molar-refractivity contribution in [1.29, 1.82) is 0 Å². The zero-order chi connectivity index (χ0) is 14.4. The molecule has 1 saturated heterocycles. The third-order valence-electron chi connectivity index (χ3n) is 5.07. The average molecular weight is 284 g/mol. The number of hydrogen-bond acceptors (Lipinski definition) is 3. The number of ether oxygens (including phenoxy) is 1. The van der Waals surface area contributed by atoms with Crippen LogP contribution in [0.2, 0.25) is 0 Å². The van der Waals surface area contributed by atoms with Crippen LogP contribution in [0.4, 0.5) is 4.79 Å². The van der Waals surface area contributed by atoms with E-state index >= 15 is 0 Å². The van der Waals surface area contributed by atoms with Crippen molar-refractivity contribution < 1.29 is 14.6 Å². The zero-order valence-electron chi connectivity index (χ0n) is 12.5. The summed E-state index contributed by atoms with van der Waals surface area (Å²) in [4.78, 5) is 11.8. The molecule has 0 bridgehead atoms. The molecule has 20 heavy (non-hydrogen) atoms. The van der Waals surface area contributed by atoms with Crippen LogP contribution < -0.4 is 10.6 Å². The molecule has 2 aliphatic rings. The predicted molar refractivity (Wildman–Crippen MR) is 77.5 cm³/mol. The van der Waals surface area contributed by atoms with Crippen molar-refractivity contribution in [3.63, 3.8) is 0 Å². The predicted octanol–water partition coefficient (Wildman–Crippen LogP) is 1.65. The Bertz CT molecular complexity index is 312. The van der Waals surface area contributed by atoms with E-state index in [4.69, 9.17) is 9.84 Å². The van der Waals surface area contributed by atoms with Gasteiger partial charge in [0.05, 0.1) is 6.10 Å². The number of amides is 2. The SMILES string of the molecule is C[C@@H](CCO)C1(CNC(=O)NC[C@H]2CCCO2)CCC1. The summed E-state index contributed by atoms with van der Waals surface area (Å²) in [5.41, 5.74) is 0.198. The lowest BCUT2D eigenvalue weighted by Gasteiger charge is -2.46. The van der Waals surface area contributed by atoms with Gasteiger partial charge in [-0.1, -0.05) is 13.3 Å². The van der Waals surface area contributed by atoms with E-state index < -0.39 is 0 Å². The van der Waals surface area contributed by atoms with Gasteiger partial charge in [-0.05, 0) is 43.4 Å². The van der Waals surface area contributed by atoms with Crippen molar-refractivity contribution in [2.45, 2.75) is 51.6 Å². The molecule has 2 atom stereocenters. The molecule has 1 aliphatic carbocycles. The van der Waals surface area contributed by atoms with Gasteiger partial charge in [-0.15, -0.1) is 0 Å². The maximum atomic E-state index is 11.8. The number of urea groups is 1. The quantitative estimate of drug-likeness (QED) is 0.666. The molecule has 5 heteroatoms. The molecule has 5 nitrogen and oxygen atoms in total. The maximum absolute atomic E-state index is 11.8. The molecule has 1 aliphatic heterocycles. The Kier molecular flexibility index (Phi) is 5.66. The molecule has 116 valence electrons. The first-order chi connectivity index (χ1) is 9.66. The smallest absolute Gasteiger partial charge is 0.314 e. The number of hydrogen-bond donors (Lipinski definition) is 3. The summed E-state index contributed by atoms with van der Waals surface area (Å²) in [6.45, 7) is 4.54. The van der Waals surface area contributed by atoms with Crippen LogP contribution in [0.15, 0.2) is 0 Å². The summed E-state index contributed by atoms with van der Waals surface area (Å²) in [7, 11) is 0. The van der Waals surface area contributed by atoms with Crippen LogP contribution in [0.25, 0.3) is 0 Å². The average Bonchev–Trinajstić information content (AvgIpc) is 2.88. The summed E-state index contributed by atoms with van der Waals surface area (Å²) in [6.07, 6.45) is 6.67. The van der Waals surface area contributed by atoms with E-state index in [1.54, 1.807) is 0 Å². The number of aliphatic hydroxyl groups excluding tert-OH is 1. The summed E-state index contributed by atoms with van der Waals surface area (Å²) in [6, 6.07) is -0.0945. The lowest BCUT2D eigenvalue weighted by atomic mass is 9.60. The van der Waals surface area contributed by atoms with E-state index in [0.717, 1.165) is 38.7 Å². The Morgan fingerprint density at radius 3 is 2.75 bits per heavy atom. The minimum atomic E-state index is -0.0945. The standard InChI is InChI=1S/C15H28N2O3/c1-12(5-8-18)15(6-3-7-15)11-17-14(19)16-10-13-4-2-9-20-13/h12-13,18H,2-11H2,1H3,(H2,16,17,19)/t12-,13+/m0/s1. The molecular formula is C15H28N2O3. The second-order valence-corrected chi connectivity index (χ2v) is 6.33. The van der Waals surface area contributed by atoms with Gasteiger partial charge in [0.25, 0.3) is 0 Å². The fraction of sp³-hybridized carbons (Fsp3) is 0.933. The van der Waals surface area contributed by atoms with E-state index in [2.05, 4.69) is 17.6 Å². The largest absolute Gasteiger partial charge is 0.396 e. The Hall–Kier alpha value is -0.810. The van der Waals surface area contributed by atoms with Crippen LogP contribution in [-0.4, -0.2) is 43.5 Å². The second-order valence-electron chi connectivity index (χ2n) is 6.33. The fourth-order valence-corrected chi connectivity index (χ4v) is 3.31. The third kappa shape index (κ3) is 3.85. The summed E-state index contributed by atoms with van der Waals surface area (Å²) < 4.78 is 5.48. The van der Waals surface area contributed by atoms with Crippen molar-refractivity contribution in [2.24, 2.45) is 11.3 Å². The highest BCUT2D eigenvalue weighted by Gasteiger charge is 2.41. The maximum Gasteiger partial charge on any atom is 0.314 e. The highest BCUT2D eigenvalue weighted by Crippen LogP contribution is 2.47. The van der Waals surface area contributed by atoms with Gasteiger partial charge in [0, 0.05) is 26.3 Å². The topological polar surface area (TPSA) is 70.6 Å². The molecule has 2 rings (SSSR count). The molecule has 1 heterocycles. The molecule has 0 aromatic carbocycles. The molecule has 3 N–H and O–H groups in total. The minimum absolute atomic E-state index is 0.0945. The van der Waals surface area contributed by atoms with Gasteiger partial charge in [0.2, 0.25) is 0 Å². The number of rotatable bonds is 7. The van der Waals surface area contributed by atoms with E-state index in [1.807, 2.05) is 0 Å². The van der Waals surface area contributed by atoms with Crippen LogP contribution >= 0.6 is 0 Å². The Morgan fingerprint density at radius 2 is 2.20 bits per heavy atom. The first-order valence-corrected chi connectivity index (χ1v) is 7.90. The van der Waals surface area contributed by atoms with Crippen LogP contribution in [0.1, 0.15) is 45.4 Å². The van der Waals surface area contributed by atoms with E-state index in [9.17, 15) is 4.79 Å². The molecule has 0 aromatic rings. The van der Waals surface area contributed by atoms with Gasteiger partial charge in [-0.3, -0.25) is 0 Å². The lowest BCUT2D eigenvalue weighted by molar-refractivity contribution is 0.0454. The molecule has 1 saturated carbocycles. The number of carbonyl (C=O) groups excluding carboxylic acids is 1. The van der Waals surface area contributed by atoms with Crippen molar-refractivity contribution in [2.75, 3.05) is 26.3 Å². The van der Waals surface area contributed by atoms with E-state index in [-0.39, 0.29) is 24.2 Å². The highest BCUT2D eigenvalue weighted by atomic mass is 16.5. The van der Waals surface area contributed by atoms with Crippen molar-refractivity contribution in [3.8, 4) is 0 Å². The first-order valence-electron chi connectivity index (χ1n) is 7.90. The minimum Gasteiger partial charge on any atom is -0.396 e. The molecule has 0 unspecified atom stereocenters. The van der Waals surface area contributed by atoms with Gasteiger partial charge in [0.1, 0.15) is 0 Å². The molecule has 0 radical (unpaired) electrons. The second kappa shape index (κ2) is 7.27. The summed E-state index contributed by atoms with van der Waals surface area (Å²) in [5, 5.41) is 15.0. The van der Waals surface area contributed by atoms with E-state index in [1.165, 1.54) is 6.42 Å². The van der Waals surface area contributed by atoms with Gasteiger partial charge in [-0.25, -0.2) is 4.79 Å². The molecule has 0 spiro atoms. The van der Waals surface area contributed by atoms with Crippen molar-refractivity contribution in [1.82, 2.24) is 10.6 Å². The zero-order valence-corrected chi connectivity index (χ0v) is 12.5. The monoisotopic (exact) mass is 284 g/mol. The van der Waals surface area contributed by atoms with Crippen LogP contribution in [0.3, 0.4) is 0 Å². The van der Waals surface area contributed by atoms with Gasteiger partial charge < -0.3 is 20.5 Å². The fourth-order valence-electron chi connectivity index (χ4n) is 3.31. The third-order valence-corrected chi connectivity index (χ3v) is 5.07. The van der Waals surface area contributed by atoms with E-state index in [0.29, 0.717) is 19.0 Å². The van der Waals surface area contributed by atoms with Crippen LogP contribution in [0, 0.1) is 11.3 Å². The normalized spacial score (nSPS) is 25.8. The summed E-state index contributed by atoms with van der Waals surface area (Å²) >= 11 is 0. The van der Waals surface area contributed by atoms with Gasteiger partial charge >= 0.3 is 6.03 Å². The number of carbonyl (C=O) groups is 1. The molecule has 0 aromatic heterocycles. The Labute approximate surface area is 121 Å². The number of nitrogens with one attached hydrogen (secondary N) is 2. The highest BCUT2D eigenvalue weighted by molar-refractivity contribution is 5.73. The summed E-state index contributed by atoms with van der Waals surface area (Å²) in [5.74, 6) is 0.458. The molecule has 2 amide bonds. The molecular weight excluding hydrogens is 256 g/mol.